The van der Waals surface area contributed by atoms with Crippen molar-refractivity contribution in [3.8, 4) is 0 Å². The number of nitrogens with one attached hydrogen (secondary N) is 1. The van der Waals surface area contributed by atoms with Crippen LogP contribution in [-0.2, 0) is 26.2 Å². The molecule has 2 amide bonds. The number of carbonyl (C=O) groups excluding carboxylic acids is 2. The van der Waals surface area contributed by atoms with E-state index in [1.54, 1.807) is 50.2 Å². The zero-order chi connectivity index (χ0) is 26.9. The van der Waals surface area contributed by atoms with Gasteiger partial charge in [-0.25, -0.2) is 12.8 Å². The molecule has 2 aromatic carbocycles. The topological polar surface area (TPSA) is 86.8 Å². The second-order valence-electron chi connectivity index (χ2n) is 8.80. The zero-order valence-corrected chi connectivity index (χ0v) is 22.8. The van der Waals surface area contributed by atoms with E-state index in [9.17, 15) is 22.4 Å². The van der Waals surface area contributed by atoms with Gasteiger partial charge in [-0.3, -0.25) is 13.9 Å². The van der Waals surface area contributed by atoms with Crippen molar-refractivity contribution in [1.29, 1.82) is 0 Å². The highest BCUT2D eigenvalue weighted by Gasteiger charge is 2.27. The summed E-state index contributed by atoms with van der Waals surface area (Å²) >= 11 is 6.09. The number of rotatable bonds is 13. The van der Waals surface area contributed by atoms with Gasteiger partial charge in [0, 0.05) is 36.6 Å². The van der Waals surface area contributed by atoms with Crippen LogP contribution in [0.3, 0.4) is 0 Å². The predicted molar refractivity (Wildman–Crippen MR) is 142 cm³/mol. The van der Waals surface area contributed by atoms with Crippen LogP contribution in [0.25, 0.3) is 0 Å². The number of benzene rings is 2. The van der Waals surface area contributed by atoms with Gasteiger partial charge in [0.2, 0.25) is 21.8 Å². The Balaban J connectivity index is 2.19. The monoisotopic (exact) mass is 539 g/mol. The molecule has 2 aromatic rings. The van der Waals surface area contributed by atoms with E-state index in [2.05, 4.69) is 5.32 Å². The molecule has 1 N–H and O–H groups in total. The fourth-order valence-corrected chi connectivity index (χ4v) is 4.94. The summed E-state index contributed by atoms with van der Waals surface area (Å²) in [4.78, 5) is 27.3. The van der Waals surface area contributed by atoms with Crippen molar-refractivity contribution in [2.24, 2.45) is 0 Å². The molecule has 36 heavy (non-hydrogen) atoms. The van der Waals surface area contributed by atoms with Gasteiger partial charge in [0.15, 0.2) is 0 Å². The Bertz CT molecular complexity index is 1160. The maximum atomic E-state index is 14.4. The zero-order valence-electron chi connectivity index (χ0n) is 21.3. The third-order valence-corrected chi connectivity index (χ3v) is 7.30. The summed E-state index contributed by atoms with van der Waals surface area (Å²) in [6.07, 6.45) is 3.00. The number of aryl methyl sites for hydroxylation is 1. The second kappa shape index (κ2) is 13.6. The fraction of sp³-hybridized carbons (Fsp3) is 0.462. The van der Waals surface area contributed by atoms with Crippen molar-refractivity contribution in [3.63, 3.8) is 0 Å². The second-order valence-corrected chi connectivity index (χ2v) is 11.1. The van der Waals surface area contributed by atoms with E-state index in [0.29, 0.717) is 22.8 Å². The van der Waals surface area contributed by atoms with E-state index >= 15 is 0 Å². The van der Waals surface area contributed by atoms with Gasteiger partial charge >= 0.3 is 0 Å². The molecule has 2 rings (SSSR count). The normalized spacial score (nSPS) is 12.2. The average molecular weight is 540 g/mol. The Labute approximate surface area is 218 Å². The molecule has 0 saturated carbocycles. The van der Waals surface area contributed by atoms with Gasteiger partial charge in [0.1, 0.15) is 11.9 Å². The maximum absolute atomic E-state index is 14.4. The SMILES string of the molecule is CCCCNC(=O)C(C)N(Cc1ccccc1F)C(=O)CCCN(c1cc(Cl)ccc1C)S(C)(=O)=O. The third-order valence-electron chi connectivity index (χ3n) is 5.89. The molecule has 0 saturated heterocycles. The smallest absolute Gasteiger partial charge is 0.242 e. The van der Waals surface area contributed by atoms with E-state index in [1.807, 2.05) is 6.92 Å². The lowest BCUT2D eigenvalue weighted by Crippen LogP contribution is -2.48. The van der Waals surface area contributed by atoms with E-state index < -0.39 is 21.9 Å². The highest BCUT2D eigenvalue weighted by atomic mass is 35.5. The first kappa shape index (κ1) is 29.6. The lowest BCUT2D eigenvalue weighted by molar-refractivity contribution is -0.140. The molecule has 0 bridgehead atoms. The Morgan fingerprint density at radius 3 is 2.47 bits per heavy atom. The fourth-order valence-electron chi connectivity index (χ4n) is 3.76. The minimum absolute atomic E-state index is 0.0212. The van der Waals surface area contributed by atoms with Gasteiger partial charge in [0.25, 0.3) is 0 Å². The van der Waals surface area contributed by atoms with Crippen LogP contribution in [0, 0.1) is 12.7 Å². The summed E-state index contributed by atoms with van der Waals surface area (Å²) in [6.45, 7) is 5.87. The molecule has 0 radical (unpaired) electrons. The Morgan fingerprint density at radius 1 is 1.14 bits per heavy atom. The van der Waals surface area contributed by atoms with Crippen LogP contribution in [0.2, 0.25) is 5.02 Å². The molecule has 0 aliphatic carbocycles. The number of hydrogen-bond acceptors (Lipinski definition) is 4. The van der Waals surface area contributed by atoms with Gasteiger partial charge in [-0.15, -0.1) is 0 Å². The summed E-state index contributed by atoms with van der Waals surface area (Å²) in [5.74, 6) is -1.15. The summed E-state index contributed by atoms with van der Waals surface area (Å²) < 4.78 is 40.6. The lowest BCUT2D eigenvalue weighted by atomic mass is 10.1. The Morgan fingerprint density at radius 2 is 1.83 bits per heavy atom. The summed E-state index contributed by atoms with van der Waals surface area (Å²) in [6, 6.07) is 10.3. The van der Waals surface area contributed by atoms with Crippen molar-refractivity contribution < 1.29 is 22.4 Å². The molecule has 10 heteroatoms. The van der Waals surface area contributed by atoms with Crippen molar-refractivity contribution >= 4 is 39.1 Å². The molecule has 0 aliphatic heterocycles. The molecule has 198 valence electrons. The summed E-state index contributed by atoms with van der Waals surface area (Å²) in [5, 5.41) is 3.22. The van der Waals surface area contributed by atoms with Crippen LogP contribution in [0.5, 0.6) is 0 Å². The number of hydrogen-bond donors (Lipinski definition) is 1. The molecule has 0 spiro atoms. The number of nitrogens with zero attached hydrogens (tertiary/aromatic N) is 2. The Hall–Kier alpha value is -2.65. The third kappa shape index (κ3) is 8.48. The highest BCUT2D eigenvalue weighted by molar-refractivity contribution is 7.92. The van der Waals surface area contributed by atoms with Crippen molar-refractivity contribution in [2.75, 3.05) is 23.7 Å². The predicted octanol–water partition coefficient (Wildman–Crippen LogP) is 4.67. The van der Waals surface area contributed by atoms with Crippen LogP contribution in [0.4, 0.5) is 10.1 Å². The first-order valence-electron chi connectivity index (χ1n) is 12.0. The molecule has 0 aromatic heterocycles. The van der Waals surface area contributed by atoms with E-state index in [1.165, 1.54) is 15.3 Å². The first-order valence-corrected chi connectivity index (χ1v) is 14.2. The van der Waals surface area contributed by atoms with Crippen molar-refractivity contribution in [2.45, 2.75) is 59.0 Å². The van der Waals surface area contributed by atoms with E-state index in [0.717, 1.165) is 24.7 Å². The molecule has 0 aliphatic rings. The molecule has 1 atom stereocenters. The van der Waals surface area contributed by atoms with E-state index in [4.69, 9.17) is 11.6 Å². The summed E-state index contributed by atoms with van der Waals surface area (Å²) in [7, 11) is -3.64. The number of halogens is 2. The molecule has 0 heterocycles. The van der Waals surface area contributed by atoms with Crippen molar-refractivity contribution in [3.05, 3.63) is 64.4 Å². The number of amides is 2. The number of carbonyl (C=O) groups is 2. The maximum Gasteiger partial charge on any atom is 0.242 e. The van der Waals surface area contributed by atoms with E-state index in [-0.39, 0.29) is 37.7 Å². The lowest BCUT2D eigenvalue weighted by Gasteiger charge is -2.29. The average Bonchev–Trinajstić information content (AvgIpc) is 2.81. The quantitative estimate of drug-likeness (QED) is 0.375. The van der Waals surface area contributed by atoms with Crippen LogP contribution in [-0.4, -0.2) is 50.5 Å². The van der Waals surface area contributed by atoms with Crippen LogP contribution in [0.15, 0.2) is 42.5 Å². The summed E-state index contributed by atoms with van der Waals surface area (Å²) in [5.41, 5.74) is 1.48. The number of unbranched alkanes of at least 4 members (excludes halogenated alkanes) is 1. The van der Waals surface area contributed by atoms with Gasteiger partial charge in [-0.1, -0.05) is 49.2 Å². The largest absolute Gasteiger partial charge is 0.354 e. The van der Waals surface area contributed by atoms with Gasteiger partial charge in [0.05, 0.1) is 11.9 Å². The molecule has 1 unspecified atom stereocenters. The molecule has 7 nitrogen and oxygen atoms in total. The van der Waals surface area contributed by atoms with Gasteiger partial charge < -0.3 is 10.2 Å². The van der Waals surface area contributed by atoms with Crippen LogP contribution < -0.4 is 9.62 Å². The molecular formula is C26H35ClFN3O4S. The standard InChI is InChI=1S/C26H35ClFN3O4S/c1-5-6-15-29-26(33)20(3)30(18-21-10-7-8-11-23(21)28)25(32)12-9-16-31(36(4,34)35)24-17-22(27)14-13-19(24)2/h7-8,10-11,13-14,17,20H,5-6,9,12,15-16,18H2,1-4H3,(H,29,33). The highest BCUT2D eigenvalue weighted by Crippen LogP contribution is 2.27. The number of anilines is 1. The Kier molecular flexibility index (Phi) is 11.2. The van der Waals surface area contributed by atoms with Crippen LogP contribution >= 0.6 is 11.6 Å². The van der Waals surface area contributed by atoms with Crippen molar-refractivity contribution in [1.82, 2.24) is 10.2 Å². The molecular weight excluding hydrogens is 505 g/mol. The molecule has 0 fully saturated rings. The minimum atomic E-state index is -3.64. The van der Waals surface area contributed by atoms with Gasteiger partial charge in [-0.2, -0.15) is 0 Å². The number of sulfonamides is 1. The minimum Gasteiger partial charge on any atom is -0.354 e. The van der Waals surface area contributed by atoms with Crippen LogP contribution in [0.1, 0.15) is 50.7 Å². The van der Waals surface area contributed by atoms with Gasteiger partial charge in [-0.05, 0) is 50.5 Å². The first-order chi connectivity index (χ1) is 17.0.